The predicted molar refractivity (Wildman–Crippen MR) is 111 cm³/mol. The van der Waals surface area contributed by atoms with Crippen molar-refractivity contribution in [1.29, 1.82) is 0 Å². The molecular weight excluding hydrogens is 352 g/mol. The molecule has 28 heavy (non-hydrogen) atoms. The summed E-state index contributed by atoms with van der Waals surface area (Å²) in [6.45, 7) is 11.2. The van der Waals surface area contributed by atoms with E-state index in [0.29, 0.717) is 5.56 Å². The quantitative estimate of drug-likeness (QED) is 0.315. The third-order valence-electron chi connectivity index (χ3n) is 4.39. The van der Waals surface area contributed by atoms with Gasteiger partial charge in [-0.1, -0.05) is 48.0 Å². The van der Waals surface area contributed by atoms with Crippen LogP contribution in [-0.4, -0.2) is 19.0 Å². The summed E-state index contributed by atoms with van der Waals surface area (Å²) in [4.78, 5) is 25.6. The summed E-state index contributed by atoms with van der Waals surface area (Å²) in [6.07, 6.45) is 0. The molecule has 0 fully saturated rings. The molecule has 0 radical (unpaired) electrons. The number of methoxy groups -OCH3 is 1. The van der Waals surface area contributed by atoms with Gasteiger partial charge in [-0.05, 0) is 58.2 Å². The molecule has 4 heteroatoms. The molecular formula is C24H28O4. The van der Waals surface area contributed by atoms with E-state index in [1.165, 1.54) is 7.11 Å². The summed E-state index contributed by atoms with van der Waals surface area (Å²) in [5.41, 5.74) is 3.81. The highest BCUT2D eigenvalue weighted by molar-refractivity contribution is 6.25. The first-order chi connectivity index (χ1) is 13.1. The van der Waals surface area contributed by atoms with Gasteiger partial charge in [-0.25, -0.2) is 4.79 Å². The maximum atomic E-state index is 12.9. The highest BCUT2D eigenvalue weighted by atomic mass is 16.5. The van der Waals surface area contributed by atoms with Gasteiger partial charge in [-0.15, -0.1) is 0 Å². The van der Waals surface area contributed by atoms with E-state index >= 15 is 0 Å². The summed E-state index contributed by atoms with van der Waals surface area (Å²) in [5, 5.41) is 0. The lowest BCUT2D eigenvalue weighted by Gasteiger charge is -2.22. The van der Waals surface area contributed by atoms with Crippen LogP contribution in [0, 0.1) is 26.2 Å². The van der Waals surface area contributed by atoms with Gasteiger partial charge in [-0.2, -0.15) is 0 Å². The van der Waals surface area contributed by atoms with Gasteiger partial charge in [0.15, 0.2) is 5.76 Å². The Kier molecular flexibility index (Phi) is 6.45. The molecule has 148 valence electrons. The van der Waals surface area contributed by atoms with Gasteiger partial charge < -0.3 is 9.47 Å². The van der Waals surface area contributed by atoms with E-state index < -0.39 is 17.4 Å². The van der Waals surface area contributed by atoms with Crippen LogP contribution < -0.4 is 0 Å². The van der Waals surface area contributed by atoms with Crippen molar-refractivity contribution in [3.8, 4) is 0 Å². The number of aryl methyl sites for hydroxylation is 3. The molecule has 0 aliphatic rings. The summed E-state index contributed by atoms with van der Waals surface area (Å²) in [5.74, 6) is -0.756. The molecule has 0 unspecified atom stereocenters. The smallest absolute Gasteiger partial charge is 0.342 e. The fraction of sp³-hybridized carbons (Fsp3) is 0.333. The molecule has 0 saturated carbocycles. The Hall–Kier alpha value is -2.88. The van der Waals surface area contributed by atoms with Crippen molar-refractivity contribution in [1.82, 2.24) is 0 Å². The average Bonchev–Trinajstić information content (AvgIpc) is 2.62. The van der Waals surface area contributed by atoms with Crippen LogP contribution in [0.2, 0.25) is 0 Å². The van der Waals surface area contributed by atoms with Crippen molar-refractivity contribution >= 4 is 23.3 Å². The van der Waals surface area contributed by atoms with Crippen molar-refractivity contribution in [2.24, 2.45) is 5.41 Å². The van der Waals surface area contributed by atoms with E-state index in [4.69, 9.17) is 9.47 Å². The molecule has 2 aromatic carbocycles. The van der Waals surface area contributed by atoms with Gasteiger partial charge in [-0.3, -0.25) is 4.79 Å². The van der Waals surface area contributed by atoms with Crippen molar-refractivity contribution < 1.29 is 19.1 Å². The largest absolute Gasteiger partial charge is 0.465 e. The van der Waals surface area contributed by atoms with Crippen LogP contribution >= 0.6 is 0 Å². The lowest BCUT2D eigenvalue weighted by molar-refractivity contribution is -0.145. The monoisotopic (exact) mass is 380 g/mol. The minimum absolute atomic E-state index is 0.211. The molecule has 4 nitrogen and oxygen atoms in total. The average molecular weight is 380 g/mol. The number of benzene rings is 2. The number of rotatable bonds is 4. The lowest BCUT2D eigenvalue weighted by atomic mass is 9.91. The Morgan fingerprint density at radius 2 is 1.43 bits per heavy atom. The minimum atomic E-state index is -0.724. The van der Waals surface area contributed by atoms with Crippen LogP contribution in [0.4, 0.5) is 0 Å². The first-order valence-electron chi connectivity index (χ1n) is 9.24. The fourth-order valence-corrected chi connectivity index (χ4v) is 3.07. The molecule has 0 N–H and O–H groups in total. The number of hydrogen-bond acceptors (Lipinski definition) is 4. The highest BCUT2D eigenvalue weighted by Crippen LogP contribution is 2.34. The van der Waals surface area contributed by atoms with Gasteiger partial charge in [0, 0.05) is 5.56 Å². The van der Waals surface area contributed by atoms with E-state index in [0.717, 1.165) is 22.3 Å². The normalized spacial score (nSPS) is 12.2. The Bertz CT molecular complexity index is 892. The van der Waals surface area contributed by atoms with Crippen LogP contribution in [0.15, 0.2) is 42.5 Å². The van der Waals surface area contributed by atoms with Crippen molar-refractivity contribution in [3.63, 3.8) is 0 Å². The van der Waals surface area contributed by atoms with Crippen LogP contribution in [0.1, 0.15) is 48.6 Å². The number of hydrogen-bond donors (Lipinski definition) is 0. The van der Waals surface area contributed by atoms with Crippen molar-refractivity contribution in [2.75, 3.05) is 7.11 Å². The second-order valence-corrected chi connectivity index (χ2v) is 7.97. The van der Waals surface area contributed by atoms with E-state index in [1.807, 2.05) is 63.2 Å². The molecule has 0 bridgehead atoms. The third-order valence-corrected chi connectivity index (χ3v) is 4.39. The molecule has 0 atom stereocenters. The molecule has 0 amide bonds. The predicted octanol–water partition coefficient (Wildman–Crippen LogP) is 5.24. The van der Waals surface area contributed by atoms with E-state index in [2.05, 4.69) is 0 Å². The highest BCUT2D eigenvalue weighted by Gasteiger charge is 2.30. The van der Waals surface area contributed by atoms with Gasteiger partial charge in [0.25, 0.3) is 0 Å². The summed E-state index contributed by atoms with van der Waals surface area (Å²) in [7, 11) is 1.33. The standard InChI is InChI=1S/C24H28O4/c1-15-13-16(2)19(17(3)14-15)20(22(25)27-7)21(18-11-9-8-10-12-18)28-23(26)24(4,5)6/h8-14H,1-7H3/b21-20+. The zero-order valence-electron chi connectivity index (χ0n) is 17.7. The van der Waals surface area contributed by atoms with Crippen LogP contribution in [0.5, 0.6) is 0 Å². The van der Waals surface area contributed by atoms with E-state index in [-0.39, 0.29) is 11.3 Å². The molecule has 0 spiro atoms. The first kappa shape index (κ1) is 21.4. The third kappa shape index (κ3) is 4.69. The van der Waals surface area contributed by atoms with Crippen LogP contribution in [0.25, 0.3) is 11.3 Å². The fourth-order valence-electron chi connectivity index (χ4n) is 3.07. The SMILES string of the molecule is COC(=O)/C(=C(/OC(=O)C(C)(C)C)c1ccccc1)c1c(C)cc(C)cc1C. The molecule has 0 aliphatic carbocycles. The molecule has 2 rings (SSSR count). The summed E-state index contributed by atoms with van der Waals surface area (Å²) < 4.78 is 10.9. The summed E-state index contributed by atoms with van der Waals surface area (Å²) in [6, 6.07) is 13.2. The van der Waals surface area contributed by atoms with Gasteiger partial charge in [0.05, 0.1) is 12.5 Å². The second kappa shape index (κ2) is 8.42. The molecule has 0 saturated heterocycles. The second-order valence-electron chi connectivity index (χ2n) is 7.97. The van der Waals surface area contributed by atoms with Crippen LogP contribution in [-0.2, 0) is 19.1 Å². The number of carbonyl (C=O) groups excluding carboxylic acids is 2. The van der Waals surface area contributed by atoms with Crippen molar-refractivity contribution in [2.45, 2.75) is 41.5 Å². The number of esters is 2. The Balaban J connectivity index is 2.87. The Morgan fingerprint density at radius 3 is 1.89 bits per heavy atom. The van der Waals surface area contributed by atoms with E-state index in [1.54, 1.807) is 20.8 Å². The molecule has 2 aromatic rings. The van der Waals surface area contributed by atoms with Crippen molar-refractivity contribution in [3.05, 3.63) is 70.3 Å². The molecule has 0 aliphatic heterocycles. The zero-order chi connectivity index (χ0) is 21.1. The first-order valence-corrected chi connectivity index (χ1v) is 9.24. The maximum Gasteiger partial charge on any atom is 0.342 e. The topological polar surface area (TPSA) is 52.6 Å². The minimum Gasteiger partial charge on any atom is -0.465 e. The van der Waals surface area contributed by atoms with Gasteiger partial charge >= 0.3 is 11.9 Å². The zero-order valence-corrected chi connectivity index (χ0v) is 17.7. The Labute approximate surface area is 167 Å². The molecule has 0 aromatic heterocycles. The summed E-state index contributed by atoms with van der Waals surface area (Å²) >= 11 is 0. The van der Waals surface area contributed by atoms with Crippen LogP contribution in [0.3, 0.4) is 0 Å². The maximum absolute atomic E-state index is 12.9. The molecule has 0 heterocycles. The lowest BCUT2D eigenvalue weighted by Crippen LogP contribution is -2.23. The van der Waals surface area contributed by atoms with Gasteiger partial charge in [0.2, 0.25) is 0 Å². The van der Waals surface area contributed by atoms with E-state index in [9.17, 15) is 9.59 Å². The Morgan fingerprint density at radius 1 is 0.893 bits per heavy atom. The number of ether oxygens (including phenoxy) is 2. The van der Waals surface area contributed by atoms with Gasteiger partial charge in [0.1, 0.15) is 5.57 Å². The number of carbonyl (C=O) groups is 2.